The summed E-state index contributed by atoms with van der Waals surface area (Å²) in [6, 6.07) is 16.9. The molecule has 1 heterocycles. The molecule has 5 heteroatoms. The van der Waals surface area contributed by atoms with Crippen LogP contribution in [0.4, 0.5) is 0 Å². The molecular weight excluding hydrogens is 348 g/mol. The second kappa shape index (κ2) is 8.97. The molecule has 0 bridgehead atoms. The maximum Gasteiger partial charge on any atom is 0.234 e. The summed E-state index contributed by atoms with van der Waals surface area (Å²) in [6.45, 7) is 2.39. The Kier molecular flexibility index (Phi) is 6.42. The van der Waals surface area contributed by atoms with E-state index in [0.29, 0.717) is 18.1 Å². The highest BCUT2D eigenvalue weighted by Crippen LogP contribution is 2.21. The molecule has 0 aromatic heterocycles. The molecule has 0 unspecified atom stereocenters. The van der Waals surface area contributed by atoms with Gasteiger partial charge in [-0.25, -0.2) is 0 Å². The molecule has 0 atom stereocenters. The third kappa shape index (κ3) is 5.16. The van der Waals surface area contributed by atoms with Crippen molar-refractivity contribution in [2.45, 2.75) is 19.4 Å². The Morgan fingerprint density at radius 3 is 2.46 bits per heavy atom. The number of amides is 1. The van der Waals surface area contributed by atoms with Gasteiger partial charge in [-0.3, -0.25) is 14.5 Å². The van der Waals surface area contributed by atoms with E-state index in [0.717, 1.165) is 37.1 Å². The van der Waals surface area contributed by atoms with E-state index in [1.54, 1.807) is 0 Å². The summed E-state index contributed by atoms with van der Waals surface area (Å²) < 4.78 is 0. The van der Waals surface area contributed by atoms with E-state index in [1.165, 1.54) is 0 Å². The lowest BCUT2D eigenvalue weighted by molar-refractivity contribution is -0.122. The van der Waals surface area contributed by atoms with E-state index in [4.69, 9.17) is 11.6 Å². The van der Waals surface area contributed by atoms with Gasteiger partial charge in [0.15, 0.2) is 5.78 Å². The SMILES string of the molecule is O=C(CN1CCC(C(=O)c2ccccc2)CC1)NCc1cccc(Cl)c1. The van der Waals surface area contributed by atoms with E-state index in [-0.39, 0.29) is 17.6 Å². The quantitative estimate of drug-likeness (QED) is 0.791. The highest BCUT2D eigenvalue weighted by Gasteiger charge is 2.26. The van der Waals surface area contributed by atoms with Crippen LogP contribution in [0.15, 0.2) is 54.6 Å². The van der Waals surface area contributed by atoms with Crippen LogP contribution in [0.25, 0.3) is 0 Å². The summed E-state index contributed by atoms with van der Waals surface area (Å²) in [4.78, 5) is 26.8. The van der Waals surface area contributed by atoms with Gasteiger partial charge in [-0.15, -0.1) is 0 Å². The van der Waals surface area contributed by atoms with Crippen LogP contribution in [0, 0.1) is 5.92 Å². The van der Waals surface area contributed by atoms with Crippen LogP contribution in [0.5, 0.6) is 0 Å². The average molecular weight is 371 g/mol. The fourth-order valence-corrected chi connectivity index (χ4v) is 3.51. The highest BCUT2D eigenvalue weighted by atomic mass is 35.5. The summed E-state index contributed by atoms with van der Waals surface area (Å²) >= 11 is 5.95. The summed E-state index contributed by atoms with van der Waals surface area (Å²) in [5.74, 6) is 0.275. The molecule has 3 rings (SSSR count). The molecule has 2 aromatic carbocycles. The van der Waals surface area contributed by atoms with Gasteiger partial charge in [0.2, 0.25) is 5.91 Å². The van der Waals surface area contributed by atoms with E-state index in [1.807, 2.05) is 54.6 Å². The zero-order chi connectivity index (χ0) is 18.4. The van der Waals surface area contributed by atoms with Crippen LogP contribution in [-0.2, 0) is 11.3 Å². The van der Waals surface area contributed by atoms with Gasteiger partial charge in [0, 0.05) is 23.0 Å². The zero-order valence-corrected chi connectivity index (χ0v) is 15.4. The van der Waals surface area contributed by atoms with Crippen LogP contribution < -0.4 is 5.32 Å². The zero-order valence-electron chi connectivity index (χ0n) is 14.7. The number of hydrogen-bond donors (Lipinski definition) is 1. The van der Waals surface area contributed by atoms with E-state index >= 15 is 0 Å². The number of halogens is 1. The number of benzene rings is 2. The second-order valence-electron chi connectivity index (χ2n) is 6.69. The maximum atomic E-state index is 12.5. The minimum Gasteiger partial charge on any atom is -0.351 e. The number of piperidine rings is 1. The van der Waals surface area contributed by atoms with Gasteiger partial charge in [0.1, 0.15) is 0 Å². The molecule has 1 N–H and O–H groups in total. The van der Waals surface area contributed by atoms with E-state index < -0.39 is 0 Å². The predicted molar refractivity (Wildman–Crippen MR) is 103 cm³/mol. The van der Waals surface area contributed by atoms with Crippen LogP contribution in [0.1, 0.15) is 28.8 Å². The molecule has 4 nitrogen and oxygen atoms in total. The third-order valence-corrected chi connectivity index (χ3v) is 5.00. The highest BCUT2D eigenvalue weighted by molar-refractivity contribution is 6.30. The normalized spacial score (nSPS) is 15.6. The number of nitrogens with zero attached hydrogens (tertiary/aromatic N) is 1. The van der Waals surface area contributed by atoms with Crippen molar-refractivity contribution in [3.63, 3.8) is 0 Å². The smallest absolute Gasteiger partial charge is 0.234 e. The largest absolute Gasteiger partial charge is 0.351 e. The van der Waals surface area contributed by atoms with Gasteiger partial charge in [-0.2, -0.15) is 0 Å². The monoisotopic (exact) mass is 370 g/mol. The number of carbonyl (C=O) groups excluding carboxylic acids is 2. The molecule has 136 valence electrons. The molecule has 0 spiro atoms. The van der Waals surface area contributed by atoms with Crippen molar-refractivity contribution >= 4 is 23.3 Å². The molecule has 1 aliphatic heterocycles. The van der Waals surface area contributed by atoms with Crippen molar-refractivity contribution in [3.8, 4) is 0 Å². The lowest BCUT2D eigenvalue weighted by Crippen LogP contribution is -2.42. The Bertz CT molecular complexity index is 756. The number of likely N-dealkylation sites (tertiary alicyclic amines) is 1. The number of nitrogens with one attached hydrogen (secondary N) is 1. The van der Waals surface area contributed by atoms with Gasteiger partial charge in [0.25, 0.3) is 0 Å². The van der Waals surface area contributed by atoms with E-state index in [2.05, 4.69) is 10.2 Å². The number of rotatable bonds is 6. The number of Topliss-reactive ketones (excluding diaryl/α,β-unsaturated/α-hetero) is 1. The van der Waals surface area contributed by atoms with Crippen molar-refractivity contribution in [2.75, 3.05) is 19.6 Å². The molecule has 0 radical (unpaired) electrons. The molecule has 1 amide bonds. The number of hydrogen-bond acceptors (Lipinski definition) is 3. The van der Waals surface area contributed by atoms with Crippen molar-refractivity contribution in [1.82, 2.24) is 10.2 Å². The minimum absolute atomic E-state index is 0.00203. The standard InChI is InChI=1S/C21H23ClN2O2/c22-19-8-4-5-16(13-19)14-23-20(25)15-24-11-9-18(10-12-24)21(26)17-6-2-1-3-7-17/h1-8,13,18H,9-12,14-15H2,(H,23,25). The first-order valence-electron chi connectivity index (χ1n) is 8.94. The van der Waals surface area contributed by atoms with Gasteiger partial charge in [-0.1, -0.05) is 54.1 Å². The fourth-order valence-electron chi connectivity index (χ4n) is 3.30. The van der Waals surface area contributed by atoms with Crippen molar-refractivity contribution in [3.05, 3.63) is 70.7 Å². The first-order chi connectivity index (χ1) is 12.6. The molecule has 2 aromatic rings. The van der Waals surface area contributed by atoms with Crippen molar-refractivity contribution in [1.29, 1.82) is 0 Å². The van der Waals surface area contributed by atoms with Gasteiger partial charge in [0.05, 0.1) is 6.54 Å². The predicted octanol–water partition coefficient (Wildman–Crippen LogP) is 3.55. The Morgan fingerprint density at radius 1 is 1.04 bits per heavy atom. The van der Waals surface area contributed by atoms with Gasteiger partial charge in [-0.05, 0) is 43.6 Å². The summed E-state index contributed by atoms with van der Waals surface area (Å²) in [5.41, 5.74) is 1.77. The average Bonchev–Trinajstić information content (AvgIpc) is 2.67. The third-order valence-electron chi connectivity index (χ3n) is 4.76. The Hall–Kier alpha value is -2.17. The Balaban J connectivity index is 1.42. The number of ketones is 1. The summed E-state index contributed by atoms with van der Waals surface area (Å²) in [5, 5.41) is 3.60. The Morgan fingerprint density at radius 2 is 1.77 bits per heavy atom. The van der Waals surface area contributed by atoms with Crippen LogP contribution in [0.2, 0.25) is 5.02 Å². The molecule has 0 saturated carbocycles. The molecule has 26 heavy (non-hydrogen) atoms. The van der Waals surface area contributed by atoms with Crippen LogP contribution in [0.3, 0.4) is 0 Å². The van der Waals surface area contributed by atoms with Crippen molar-refractivity contribution in [2.24, 2.45) is 5.92 Å². The first-order valence-corrected chi connectivity index (χ1v) is 9.32. The summed E-state index contributed by atoms with van der Waals surface area (Å²) in [7, 11) is 0. The van der Waals surface area contributed by atoms with E-state index in [9.17, 15) is 9.59 Å². The first kappa shape index (κ1) is 18.6. The molecule has 0 aliphatic carbocycles. The lowest BCUT2D eigenvalue weighted by Gasteiger charge is -2.30. The molecule has 1 fully saturated rings. The maximum absolute atomic E-state index is 12.5. The summed E-state index contributed by atoms with van der Waals surface area (Å²) in [6.07, 6.45) is 1.60. The molecule has 1 saturated heterocycles. The van der Waals surface area contributed by atoms with Gasteiger partial charge >= 0.3 is 0 Å². The Labute approximate surface area is 159 Å². The molecule has 1 aliphatic rings. The number of carbonyl (C=O) groups is 2. The molecular formula is C21H23ClN2O2. The minimum atomic E-state index is -0.00203. The fraction of sp³-hybridized carbons (Fsp3) is 0.333. The lowest BCUT2D eigenvalue weighted by atomic mass is 9.89. The second-order valence-corrected chi connectivity index (χ2v) is 7.12. The van der Waals surface area contributed by atoms with Crippen LogP contribution in [-0.4, -0.2) is 36.2 Å². The topological polar surface area (TPSA) is 49.4 Å². The van der Waals surface area contributed by atoms with Gasteiger partial charge < -0.3 is 5.32 Å². The van der Waals surface area contributed by atoms with Crippen molar-refractivity contribution < 1.29 is 9.59 Å². The van der Waals surface area contributed by atoms with Crippen LogP contribution >= 0.6 is 11.6 Å².